The van der Waals surface area contributed by atoms with Crippen molar-refractivity contribution in [3.63, 3.8) is 0 Å². The smallest absolute Gasteiger partial charge is 0.144 e. The van der Waals surface area contributed by atoms with Crippen LogP contribution in [0.3, 0.4) is 0 Å². The highest BCUT2D eigenvalue weighted by Crippen LogP contribution is 2.19. The summed E-state index contributed by atoms with van der Waals surface area (Å²) in [5.74, 6) is 0. The van der Waals surface area contributed by atoms with Crippen molar-refractivity contribution in [1.82, 2.24) is 0 Å². The van der Waals surface area contributed by atoms with Crippen molar-refractivity contribution in [3.8, 4) is 0 Å². The second-order valence-electron chi connectivity index (χ2n) is 5.08. The predicted molar refractivity (Wildman–Crippen MR) is 65.0 cm³/mol. The van der Waals surface area contributed by atoms with Gasteiger partial charge in [0.1, 0.15) is 11.0 Å². The molecule has 2 nitrogen and oxygen atoms in total. The fourth-order valence-electron chi connectivity index (χ4n) is 0.773. The molecule has 0 saturated heterocycles. The number of allylic oxidation sites excluding steroid dienone is 1. The first-order valence-electron chi connectivity index (χ1n) is 4.77. The lowest BCUT2D eigenvalue weighted by Crippen LogP contribution is -2.21. The summed E-state index contributed by atoms with van der Waals surface area (Å²) in [5, 5.41) is 0. The minimum Gasteiger partial charge on any atom is -0.234 e. The molecular formula is C11H21NOS. The van der Waals surface area contributed by atoms with Gasteiger partial charge in [-0.15, -0.1) is 6.58 Å². The third-order valence-corrected chi connectivity index (χ3v) is 3.04. The van der Waals surface area contributed by atoms with Gasteiger partial charge in [0.05, 0.1) is 4.75 Å². The maximum Gasteiger partial charge on any atom is 0.144 e. The minimum atomic E-state index is -1.15. The van der Waals surface area contributed by atoms with E-state index in [1.165, 1.54) is 0 Å². The van der Waals surface area contributed by atoms with Crippen LogP contribution in [0.5, 0.6) is 0 Å². The molecule has 14 heavy (non-hydrogen) atoms. The van der Waals surface area contributed by atoms with Crippen molar-refractivity contribution < 1.29 is 4.21 Å². The summed E-state index contributed by atoms with van der Waals surface area (Å²) in [7, 11) is -1.15. The van der Waals surface area contributed by atoms with Gasteiger partial charge in [0, 0.05) is 11.6 Å². The molecule has 0 heterocycles. The van der Waals surface area contributed by atoms with Crippen LogP contribution in [0.25, 0.3) is 0 Å². The van der Waals surface area contributed by atoms with Crippen molar-refractivity contribution >= 4 is 17.2 Å². The Morgan fingerprint density at radius 2 is 1.79 bits per heavy atom. The van der Waals surface area contributed by atoms with Gasteiger partial charge in [-0.05, 0) is 27.2 Å². The molecule has 0 spiro atoms. The monoisotopic (exact) mass is 215 g/mol. The Labute approximate surface area is 90.1 Å². The first-order chi connectivity index (χ1) is 6.19. The molecule has 0 fully saturated rings. The number of hydrogen-bond acceptors (Lipinski definition) is 1. The quantitative estimate of drug-likeness (QED) is 0.523. The van der Waals surface area contributed by atoms with E-state index >= 15 is 0 Å². The van der Waals surface area contributed by atoms with E-state index in [1.54, 1.807) is 6.21 Å². The van der Waals surface area contributed by atoms with Crippen LogP contribution in [0, 0.1) is 5.41 Å². The summed E-state index contributed by atoms with van der Waals surface area (Å²) < 4.78 is 15.4. The molecule has 0 amide bonds. The van der Waals surface area contributed by atoms with Crippen LogP contribution in [0.1, 0.15) is 41.0 Å². The lowest BCUT2D eigenvalue weighted by Gasteiger charge is -2.18. The molecule has 1 atom stereocenters. The summed E-state index contributed by atoms with van der Waals surface area (Å²) >= 11 is 0. The van der Waals surface area contributed by atoms with Gasteiger partial charge in [0.15, 0.2) is 0 Å². The second-order valence-corrected chi connectivity index (χ2v) is 7.01. The lowest BCUT2D eigenvalue weighted by atomic mass is 9.91. The first kappa shape index (κ1) is 13.6. The normalized spacial score (nSPS) is 15.8. The highest BCUT2D eigenvalue weighted by Gasteiger charge is 2.20. The molecule has 0 aliphatic carbocycles. The van der Waals surface area contributed by atoms with Gasteiger partial charge >= 0.3 is 0 Å². The van der Waals surface area contributed by atoms with E-state index in [4.69, 9.17) is 0 Å². The molecule has 0 rings (SSSR count). The molecular weight excluding hydrogens is 194 g/mol. The zero-order valence-electron chi connectivity index (χ0n) is 9.83. The van der Waals surface area contributed by atoms with Crippen molar-refractivity contribution in [2.24, 2.45) is 9.81 Å². The van der Waals surface area contributed by atoms with Crippen LogP contribution in [0.15, 0.2) is 17.1 Å². The molecule has 0 aromatic rings. The molecule has 1 unspecified atom stereocenters. The van der Waals surface area contributed by atoms with E-state index in [0.717, 1.165) is 6.42 Å². The highest BCUT2D eigenvalue weighted by atomic mass is 32.2. The molecule has 0 aliphatic rings. The van der Waals surface area contributed by atoms with Gasteiger partial charge in [0.25, 0.3) is 0 Å². The molecule has 0 N–H and O–H groups in total. The Morgan fingerprint density at radius 1 is 1.29 bits per heavy atom. The Balaban J connectivity index is 4.44. The Bertz CT molecular complexity index is 249. The molecule has 82 valence electrons. The summed E-state index contributed by atoms with van der Waals surface area (Å²) in [6, 6.07) is 0. The van der Waals surface area contributed by atoms with Gasteiger partial charge in [0.2, 0.25) is 0 Å². The first-order valence-corrected chi connectivity index (χ1v) is 5.88. The van der Waals surface area contributed by atoms with Crippen LogP contribution in [-0.2, 0) is 11.0 Å². The van der Waals surface area contributed by atoms with Gasteiger partial charge in [-0.2, -0.15) is 4.40 Å². The van der Waals surface area contributed by atoms with Crippen molar-refractivity contribution in [2.75, 3.05) is 0 Å². The van der Waals surface area contributed by atoms with Crippen molar-refractivity contribution in [1.29, 1.82) is 0 Å². The lowest BCUT2D eigenvalue weighted by molar-refractivity contribution is 0.546. The summed E-state index contributed by atoms with van der Waals surface area (Å²) in [4.78, 5) is 0. The average molecular weight is 215 g/mol. The summed E-state index contributed by atoms with van der Waals surface area (Å²) in [5.41, 5.74) is -0.0529. The van der Waals surface area contributed by atoms with Crippen LogP contribution in [0.4, 0.5) is 0 Å². The molecule has 0 aromatic heterocycles. The van der Waals surface area contributed by atoms with Gasteiger partial charge in [-0.3, -0.25) is 0 Å². The van der Waals surface area contributed by atoms with Gasteiger partial charge in [-0.25, -0.2) is 4.21 Å². The standard InChI is InChI=1S/C11H21NOS/c1-7-8-11(5,6)9-12-14(13)10(2,3)4/h7,9H,1,8H2,2-6H3. The topological polar surface area (TPSA) is 29.4 Å². The number of hydrogen-bond donors (Lipinski definition) is 0. The van der Waals surface area contributed by atoms with E-state index in [2.05, 4.69) is 24.8 Å². The largest absolute Gasteiger partial charge is 0.234 e. The Morgan fingerprint density at radius 3 is 2.14 bits per heavy atom. The van der Waals surface area contributed by atoms with Crippen LogP contribution in [-0.4, -0.2) is 15.2 Å². The van der Waals surface area contributed by atoms with E-state index in [9.17, 15) is 4.21 Å². The van der Waals surface area contributed by atoms with Crippen molar-refractivity contribution in [2.45, 2.75) is 45.8 Å². The van der Waals surface area contributed by atoms with E-state index in [1.807, 2.05) is 26.8 Å². The highest BCUT2D eigenvalue weighted by molar-refractivity contribution is 7.85. The molecule has 0 radical (unpaired) electrons. The zero-order chi connectivity index (χ0) is 11.4. The molecule has 0 bridgehead atoms. The van der Waals surface area contributed by atoms with Crippen LogP contribution >= 0.6 is 0 Å². The third kappa shape index (κ3) is 5.32. The van der Waals surface area contributed by atoms with Gasteiger partial charge < -0.3 is 0 Å². The molecule has 0 aromatic carbocycles. The van der Waals surface area contributed by atoms with Crippen LogP contribution in [0.2, 0.25) is 0 Å². The van der Waals surface area contributed by atoms with E-state index in [0.29, 0.717) is 0 Å². The molecule has 0 aliphatic heterocycles. The SMILES string of the molecule is C=CCC(C)(C)C=NS(=O)C(C)(C)C. The van der Waals surface area contributed by atoms with E-state index < -0.39 is 11.0 Å². The maximum absolute atomic E-state index is 11.6. The third-order valence-electron chi connectivity index (χ3n) is 1.69. The summed E-state index contributed by atoms with van der Waals surface area (Å²) in [6.45, 7) is 13.5. The molecule has 3 heteroatoms. The summed E-state index contributed by atoms with van der Waals surface area (Å²) in [6.07, 6.45) is 4.47. The van der Waals surface area contributed by atoms with E-state index in [-0.39, 0.29) is 10.2 Å². The molecule has 0 saturated carbocycles. The zero-order valence-corrected chi connectivity index (χ0v) is 10.6. The average Bonchev–Trinajstić information content (AvgIpc) is 1.98. The predicted octanol–water partition coefficient (Wildman–Crippen LogP) is 3.12. The Hall–Kier alpha value is -0.440. The fraction of sp³-hybridized carbons (Fsp3) is 0.727. The number of rotatable bonds is 4. The minimum absolute atomic E-state index is 0.0529. The number of nitrogens with zero attached hydrogens (tertiary/aromatic N) is 1. The Kier molecular flexibility index (Phi) is 4.72. The maximum atomic E-state index is 11.6. The fourth-order valence-corrected chi connectivity index (χ4v) is 1.47. The second kappa shape index (κ2) is 4.87. The van der Waals surface area contributed by atoms with Crippen LogP contribution < -0.4 is 0 Å². The van der Waals surface area contributed by atoms with Crippen molar-refractivity contribution in [3.05, 3.63) is 12.7 Å². The van der Waals surface area contributed by atoms with Gasteiger partial charge in [-0.1, -0.05) is 19.9 Å².